The van der Waals surface area contributed by atoms with Crippen molar-refractivity contribution in [3.05, 3.63) is 65.9 Å². The van der Waals surface area contributed by atoms with Crippen molar-refractivity contribution in [1.82, 2.24) is 4.98 Å². The number of ether oxygens (including phenoxy) is 2. The Morgan fingerprint density at radius 3 is 2.47 bits per heavy atom. The molecule has 7 nitrogen and oxygen atoms in total. The lowest BCUT2D eigenvalue weighted by Crippen LogP contribution is -2.56. The molecule has 7 heteroatoms. The maximum atomic E-state index is 13.8. The van der Waals surface area contributed by atoms with Gasteiger partial charge in [-0.25, -0.2) is 4.79 Å². The number of benzene rings is 2. The minimum atomic E-state index is -1.83. The number of ketones is 1. The van der Waals surface area contributed by atoms with E-state index >= 15 is 0 Å². The minimum Gasteiger partial charge on any atom is -0.465 e. The molecule has 3 aromatic rings. The van der Waals surface area contributed by atoms with Gasteiger partial charge in [0.1, 0.15) is 6.54 Å². The van der Waals surface area contributed by atoms with Gasteiger partial charge in [0.2, 0.25) is 11.3 Å². The quantitative estimate of drug-likeness (QED) is 0.500. The number of carbonyl (C=O) groups excluding carboxylic acids is 3. The highest BCUT2D eigenvalue weighted by Crippen LogP contribution is 2.47. The van der Waals surface area contributed by atoms with Gasteiger partial charge >= 0.3 is 11.9 Å². The third kappa shape index (κ3) is 2.77. The van der Waals surface area contributed by atoms with Crippen molar-refractivity contribution in [2.75, 3.05) is 24.7 Å². The highest BCUT2D eigenvalue weighted by molar-refractivity contribution is 6.27. The monoisotopic (exact) mass is 406 g/mol. The van der Waals surface area contributed by atoms with Crippen molar-refractivity contribution in [3.8, 4) is 0 Å². The Bertz CT molecular complexity index is 1140. The standard InChI is InChI=1S/C23H22N2O5/c1-3-29-20(26)14-25-19-12-8-6-10-16(19)21(27)23(25,22(28)30-4-2)17-13-24-18-11-7-5-9-15(17)18/h5-13,24H,3-4,14H2,1-2H3. The molecule has 0 radical (unpaired) electrons. The van der Waals surface area contributed by atoms with E-state index in [0.29, 0.717) is 22.2 Å². The molecule has 1 aromatic heterocycles. The number of nitrogens with one attached hydrogen (secondary N) is 1. The molecule has 1 atom stereocenters. The van der Waals surface area contributed by atoms with E-state index in [1.807, 2.05) is 24.3 Å². The van der Waals surface area contributed by atoms with Crippen molar-refractivity contribution < 1.29 is 23.9 Å². The number of aromatic amines is 1. The van der Waals surface area contributed by atoms with E-state index in [9.17, 15) is 14.4 Å². The molecule has 1 N–H and O–H groups in total. The number of aromatic nitrogens is 1. The lowest BCUT2D eigenvalue weighted by atomic mass is 9.84. The molecule has 2 aromatic carbocycles. The average Bonchev–Trinajstić information content (AvgIpc) is 3.27. The number of hydrogen-bond acceptors (Lipinski definition) is 6. The van der Waals surface area contributed by atoms with Gasteiger partial charge < -0.3 is 19.4 Å². The Morgan fingerprint density at radius 1 is 1.00 bits per heavy atom. The zero-order valence-corrected chi connectivity index (χ0v) is 16.8. The van der Waals surface area contributed by atoms with Crippen LogP contribution in [0.3, 0.4) is 0 Å². The van der Waals surface area contributed by atoms with Crippen LogP contribution >= 0.6 is 0 Å². The number of anilines is 1. The average molecular weight is 406 g/mol. The van der Waals surface area contributed by atoms with E-state index in [2.05, 4.69) is 4.98 Å². The van der Waals surface area contributed by atoms with E-state index in [1.165, 1.54) is 4.90 Å². The van der Waals surface area contributed by atoms with Crippen molar-refractivity contribution in [3.63, 3.8) is 0 Å². The van der Waals surface area contributed by atoms with Crippen molar-refractivity contribution in [2.24, 2.45) is 0 Å². The van der Waals surface area contributed by atoms with Gasteiger partial charge in [-0.05, 0) is 32.0 Å². The first-order valence-electron chi connectivity index (χ1n) is 9.86. The Morgan fingerprint density at radius 2 is 1.70 bits per heavy atom. The van der Waals surface area contributed by atoms with Gasteiger partial charge in [-0.3, -0.25) is 9.59 Å². The Labute approximate surface area is 173 Å². The third-order valence-electron chi connectivity index (χ3n) is 5.32. The van der Waals surface area contributed by atoms with Gasteiger partial charge in [-0.1, -0.05) is 30.3 Å². The number of para-hydroxylation sites is 2. The minimum absolute atomic E-state index is 0.0970. The normalized spacial score (nSPS) is 17.8. The summed E-state index contributed by atoms with van der Waals surface area (Å²) in [6, 6.07) is 14.3. The molecule has 2 heterocycles. The summed E-state index contributed by atoms with van der Waals surface area (Å²) in [5.74, 6) is -1.68. The highest BCUT2D eigenvalue weighted by Gasteiger charge is 2.60. The molecular formula is C23H22N2O5. The summed E-state index contributed by atoms with van der Waals surface area (Å²) < 4.78 is 10.5. The van der Waals surface area contributed by atoms with Gasteiger partial charge in [0.15, 0.2) is 0 Å². The molecule has 0 spiro atoms. The van der Waals surface area contributed by atoms with Crippen LogP contribution < -0.4 is 4.90 Å². The van der Waals surface area contributed by atoms with Crippen LogP contribution in [0.2, 0.25) is 0 Å². The number of Topliss-reactive ketones (excluding diaryl/α,β-unsaturated/α-hetero) is 1. The van der Waals surface area contributed by atoms with Crippen LogP contribution in [0.5, 0.6) is 0 Å². The van der Waals surface area contributed by atoms with Crippen LogP contribution in [0.1, 0.15) is 29.8 Å². The largest absolute Gasteiger partial charge is 0.465 e. The lowest BCUT2D eigenvalue weighted by Gasteiger charge is -2.35. The van der Waals surface area contributed by atoms with E-state index in [-0.39, 0.29) is 19.8 Å². The molecule has 0 saturated heterocycles. The van der Waals surface area contributed by atoms with Gasteiger partial charge in [0.25, 0.3) is 0 Å². The summed E-state index contributed by atoms with van der Waals surface area (Å²) in [4.78, 5) is 44.4. The number of rotatable bonds is 6. The predicted molar refractivity (Wildman–Crippen MR) is 111 cm³/mol. The van der Waals surface area contributed by atoms with Crippen LogP contribution in [-0.2, 0) is 24.6 Å². The first-order chi connectivity index (χ1) is 14.6. The second-order valence-corrected chi connectivity index (χ2v) is 6.92. The third-order valence-corrected chi connectivity index (χ3v) is 5.32. The molecule has 0 saturated carbocycles. The van der Waals surface area contributed by atoms with E-state index in [4.69, 9.17) is 9.47 Å². The summed E-state index contributed by atoms with van der Waals surface area (Å²) in [6.07, 6.45) is 1.64. The van der Waals surface area contributed by atoms with E-state index in [1.54, 1.807) is 44.3 Å². The summed E-state index contributed by atoms with van der Waals surface area (Å²) in [6.45, 7) is 3.42. The fourth-order valence-electron chi connectivity index (χ4n) is 4.13. The fourth-order valence-corrected chi connectivity index (χ4v) is 4.13. The van der Waals surface area contributed by atoms with Gasteiger partial charge in [-0.2, -0.15) is 0 Å². The molecule has 0 fully saturated rings. The number of carbonyl (C=O) groups is 3. The number of nitrogens with zero attached hydrogens (tertiary/aromatic N) is 1. The number of esters is 2. The van der Waals surface area contributed by atoms with Crippen LogP contribution in [-0.4, -0.2) is 42.5 Å². The maximum Gasteiger partial charge on any atom is 0.345 e. The molecule has 0 bridgehead atoms. The molecule has 4 rings (SSSR count). The topological polar surface area (TPSA) is 88.7 Å². The molecule has 154 valence electrons. The zero-order chi connectivity index (χ0) is 21.3. The molecular weight excluding hydrogens is 384 g/mol. The van der Waals surface area contributed by atoms with E-state index < -0.39 is 23.3 Å². The maximum absolute atomic E-state index is 13.8. The van der Waals surface area contributed by atoms with Crippen LogP contribution in [0.15, 0.2) is 54.7 Å². The lowest BCUT2D eigenvalue weighted by molar-refractivity contribution is -0.148. The summed E-state index contributed by atoms with van der Waals surface area (Å²) in [7, 11) is 0. The summed E-state index contributed by atoms with van der Waals surface area (Å²) in [5, 5.41) is 0.709. The van der Waals surface area contributed by atoms with Gasteiger partial charge in [0, 0.05) is 33.9 Å². The molecule has 0 aliphatic carbocycles. The molecule has 1 aliphatic rings. The summed E-state index contributed by atoms with van der Waals surface area (Å²) >= 11 is 0. The fraction of sp³-hybridized carbons (Fsp3) is 0.261. The van der Waals surface area contributed by atoms with Crippen LogP contribution in [0.25, 0.3) is 10.9 Å². The Hall–Kier alpha value is -3.61. The van der Waals surface area contributed by atoms with Crippen LogP contribution in [0, 0.1) is 0 Å². The van der Waals surface area contributed by atoms with Crippen molar-refractivity contribution in [1.29, 1.82) is 0 Å². The number of fused-ring (bicyclic) bond motifs is 2. The highest BCUT2D eigenvalue weighted by atomic mass is 16.5. The Balaban J connectivity index is 2.00. The molecule has 1 aliphatic heterocycles. The second-order valence-electron chi connectivity index (χ2n) is 6.92. The smallest absolute Gasteiger partial charge is 0.345 e. The molecule has 1 unspecified atom stereocenters. The van der Waals surface area contributed by atoms with Crippen LogP contribution in [0.4, 0.5) is 5.69 Å². The Kier molecular flexibility index (Phi) is 5.03. The van der Waals surface area contributed by atoms with Crippen molar-refractivity contribution in [2.45, 2.75) is 19.4 Å². The molecule has 0 amide bonds. The zero-order valence-electron chi connectivity index (χ0n) is 16.8. The first kappa shape index (κ1) is 19.7. The first-order valence-corrected chi connectivity index (χ1v) is 9.86. The van der Waals surface area contributed by atoms with Gasteiger partial charge in [-0.15, -0.1) is 0 Å². The van der Waals surface area contributed by atoms with Gasteiger partial charge in [0.05, 0.1) is 13.2 Å². The number of H-pyrrole nitrogens is 1. The number of hydrogen-bond donors (Lipinski definition) is 1. The summed E-state index contributed by atoms with van der Waals surface area (Å²) in [5.41, 5.74) is 0.249. The SMILES string of the molecule is CCOC(=O)CN1c2ccccc2C(=O)C1(C(=O)OCC)c1c[nH]c2ccccc12. The second kappa shape index (κ2) is 7.67. The molecule has 30 heavy (non-hydrogen) atoms. The van der Waals surface area contributed by atoms with Crippen molar-refractivity contribution >= 4 is 34.3 Å². The van der Waals surface area contributed by atoms with E-state index in [0.717, 1.165) is 5.52 Å². The predicted octanol–water partition coefficient (Wildman–Crippen LogP) is 3.19.